The smallest absolute Gasteiger partial charge is 0.416 e. The third kappa shape index (κ3) is 4.21. The van der Waals surface area contributed by atoms with Crippen LogP contribution in [0.1, 0.15) is 50.7 Å². The van der Waals surface area contributed by atoms with Gasteiger partial charge in [-0.15, -0.1) is 0 Å². The molecule has 1 heterocycles. The Kier molecular flexibility index (Phi) is 5.55. The van der Waals surface area contributed by atoms with Crippen LogP contribution >= 0.6 is 0 Å². The Hall–Kier alpha value is -2.31. The quantitative estimate of drug-likeness (QED) is 0.833. The molecule has 0 saturated carbocycles. The summed E-state index contributed by atoms with van der Waals surface area (Å²) in [6.45, 7) is 5.03. The van der Waals surface area contributed by atoms with Crippen molar-refractivity contribution in [3.63, 3.8) is 0 Å². The van der Waals surface area contributed by atoms with Crippen LogP contribution in [0, 0.1) is 0 Å². The van der Waals surface area contributed by atoms with Gasteiger partial charge in [-0.25, -0.2) is 4.79 Å². The molecule has 4 nitrogen and oxygen atoms in total. The second kappa shape index (κ2) is 7.29. The highest BCUT2D eigenvalue weighted by Gasteiger charge is 2.40. The summed E-state index contributed by atoms with van der Waals surface area (Å²) in [5, 5.41) is 2.52. The Labute approximate surface area is 144 Å². The molecule has 2 rings (SSSR count). The van der Waals surface area contributed by atoms with Gasteiger partial charge in [0.2, 0.25) is 5.91 Å². The van der Waals surface area contributed by atoms with E-state index in [1.807, 2.05) is 6.92 Å². The van der Waals surface area contributed by atoms with Crippen LogP contribution in [0.3, 0.4) is 0 Å². The van der Waals surface area contributed by atoms with Crippen molar-refractivity contribution in [2.45, 2.75) is 51.8 Å². The van der Waals surface area contributed by atoms with Crippen LogP contribution < -0.4 is 5.32 Å². The van der Waals surface area contributed by atoms with Crippen molar-refractivity contribution in [3.05, 3.63) is 46.7 Å². The summed E-state index contributed by atoms with van der Waals surface area (Å²) in [6.07, 6.45) is -4.61. The molecule has 25 heavy (non-hydrogen) atoms. The maximum absolute atomic E-state index is 13.4. The number of ether oxygens (including phenoxy) is 1. The first-order chi connectivity index (χ1) is 11.6. The maximum Gasteiger partial charge on any atom is 0.416 e. The number of halogens is 3. The number of rotatable bonds is 4. The summed E-state index contributed by atoms with van der Waals surface area (Å²) in [6, 6.07) is 5.00. The van der Waals surface area contributed by atoms with Gasteiger partial charge in [0.25, 0.3) is 0 Å². The third-order valence-electron chi connectivity index (χ3n) is 4.21. The fraction of sp³-hybridized carbons (Fsp3) is 0.444. The summed E-state index contributed by atoms with van der Waals surface area (Å²) in [4.78, 5) is 24.4. The monoisotopic (exact) mass is 355 g/mol. The predicted molar refractivity (Wildman–Crippen MR) is 85.5 cm³/mol. The predicted octanol–water partition coefficient (Wildman–Crippen LogP) is 3.92. The van der Waals surface area contributed by atoms with Gasteiger partial charge in [0.05, 0.1) is 17.2 Å². The zero-order valence-corrected chi connectivity index (χ0v) is 14.2. The second-order valence-electron chi connectivity index (χ2n) is 6.05. The van der Waals surface area contributed by atoms with Crippen LogP contribution in [0.5, 0.6) is 0 Å². The van der Waals surface area contributed by atoms with Crippen LogP contribution in [0.15, 0.2) is 35.5 Å². The van der Waals surface area contributed by atoms with E-state index in [1.54, 1.807) is 6.92 Å². The lowest BCUT2D eigenvalue weighted by atomic mass is 9.82. The minimum Gasteiger partial charge on any atom is -0.459 e. The van der Waals surface area contributed by atoms with E-state index in [-0.39, 0.29) is 29.4 Å². The number of hydrogen-bond donors (Lipinski definition) is 1. The molecule has 0 saturated heterocycles. The minimum absolute atomic E-state index is 0.0663. The van der Waals surface area contributed by atoms with Gasteiger partial charge in [-0.2, -0.15) is 13.2 Å². The van der Waals surface area contributed by atoms with E-state index in [9.17, 15) is 22.8 Å². The molecule has 0 aliphatic carbocycles. The van der Waals surface area contributed by atoms with E-state index in [4.69, 9.17) is 4.74 Å². The minimum atomic E-state index is -4.58. The fourth-order valence-corrected chi connectivity index (χ4v) is 2.83. The van der Waals surface area contributed by atoms with E-state index in [0.717, 1.165) is 6.07 Å². The van der Waals surface area contributed by atoms with Gasteiger partial charge >= 0.3 is 12.1 Å². The summed E-state index contributed by atoms with van der Waals surface area (Å²) in [5.74, 6) is -2.13. The molecule has 136 valence electrons. The maximum atomic E-state index is 13.4. The Balaban J connectivity index is 2.53. The molecule has 1 N–H and O–H groups in total. The first-order valence-corrected chi connectivity index (χ1v) is 8.02. The molecule has 1 aromatic carbocycles. The second-order valence-corrected chi connectivity index (χ2v) is 6.05. The van der Waals surface area contributed by atoms with E-state index in [1.165, 1.54) is 25.1 Å². The Bertz CT molecular complexity index is 710. The van der Waals surface area contributed by atoms with Gasteiger partial charge in [0.1, 0.15) is 0 Å². The van der Waals surface area contributed by atoms with E-state index >= 15 is 0 Å². The molecular weight excluding hydrogens is 335 g/mol. The van der Waals surface area contributed by atoms with Gasteiger partial charge in [0.15, 0.2) is 0 Å². The molecule has 2 unspecified atom stereocenters. The van der Waals surface area contributed by atoms with Crippen molar-refractivity contribution in [1.82, 2.24) is 5.32 Å². The first kappa shape index (κ1) is 19.0. The van der Waals surface area contributed by atoms with Crippen LogP contribution in [0.2, 0.25) is 0 Å². The van der Waals surface area contributed by atoms with Gasteiger partial charge in [-0.05, 0) is 31.9 Å². The Morgan fingerprint density at radius 3 is 2.60 bits per heavy atom. The zero-order valence-electron chi connectivity index (χ0n) is 14.2. The molecule has 0 bridgehead atoms. The lowest BCUT2D eigenvalue weighted by Gasteiger charge is -2.29. The molecule has 1 amide bonds. The number of allylic oxidation sites excluding steroid dienone is 1. The highest BCUT2D eigenvalue weighted by molar-refractivity contribution is 5.96. The average molecular weight is 355 g/mol. The fourth-order valence-electron chi connectivity index (χ4n) is 2.83. The Morgan fingerprint density at radius 1 is 1.36 bits per heavy atom. The molecule has 1 aliphatic rings. The van der Waals surface area contributed by atoms with Crippen molar-refractivity contribution < 1.29 is 27.5 Å². The SMILES string of the molecule is CCC(C)OC(=O)C1=C(C)NC(=O)CC1c1ccccc1C(F)(F)F. The number of benzene rings is 1. The highest BCUT2D eigenvalue weighted by Crippen LogP contribution is 2.41. The van der Waals surface area contributed by atoms with Crippen LogP contribution in [-0.4, -0.2) is 18.0 Å². The molecule has 1 aliphatic heterocycles. The lowest BCUT2D eigenvalue weighted by Crippen LogP contribution is -2.35. The first-order valence-electron chi connectivity index (χ1n) is 8.02. The number of nitrogens with one attached hydrogen (secondary N) is 1. The van der Waals surface area contributed by atoms with Gasteiger partial charge in [0, 0.05) is 18.0 Å². The lowest BCUT2D eigenvalue weighted by molar-refractivity contribution is -0.145. The number of alkyl halides is 3. The number of hydrogen-bond acceptors (Lipinski definition) is 3. The van der Waals surface area contributed by atoms with Crippen molar-refractivity contribution >= 4 is 11.9 Å². The molecule has 0 fully saturated rings. The van der Waals surface area contributed by atoms with Gasteiger partial charge < -0.3 is 10.1 Å². The summed E-state index contributed by atoms with van der Waals surface area (Å²) in [5.41, 5.74) is -0.653. The number of carbonyl (C=O) groups is 2. The Morgan fingerprint density at radius 2 is 2.00 bits per heavy atom. The highest BCUT2D eigenvalue weighted by atomic mass is 19.4. The third-order valence-corrected chi connectivity index (χ3v) is 4.21. The standard InChI is InChI=1S/C18H20F3NO3/c1-4-10(2)25-17(24)16-11(3)22-15(23)9-13(16)12-7-5-6-8-14(12)18(19,20)21/h5-8,10,13H,4,9H2,1-3H3,(H,22,23). The molecular formula is C18H20F3NO3. The molecule has 0 radical (unpaired) electrons. The molecule has 0 spiro atoms. The van der Waals surface area contributed by atoms with E-state index < -0.39 is 29.5 Å². The number of carbonyl (C=O) groups excluding carboxylic acids is 2. The van der Waals surface area contributed by atoms with Crippen LogP contribution in [0.25, 0.3) is 0 Å². The normalized spacial score (nSPS) is 19.4. The summed E-state index contributed by atoms with van der Waals surface area (Å²) in [7, 11) is 0. The largest absolute Gasteiger partial charge is 0.459 e. The van der Waals surface area contributed by atoms with E-state index in [0.29, 0.717) is 6.42 Å². The molecule has 7 heteroatoms. The topological polar surface area (TPSA) is 55.4 Å². The molecule has 0 aromatic heterocycles. The van der Waals surface area contributed by atoms with E-state index in [2.05, 4.69) is 5.32 Å². The zero-order chi connectivity index (χ0) is 18.8. The van der Waals surface area contributed by atoms with Gasteiger partial charge in [-0.1, -0.05) is 25.1 Å². The van der Waals surface area contributed by atoms with Gasteiger partial charge in [-0.3, -0.25) is 4.79 Å². The van der Waals surface area contributed by atoms with Crippen LogP contribution in [-0.2, 0) is 20.5 Å². The average Bonchev–Trinajstić information content (AvgIpc) is 2.52. The van der Waals surface area contributed by atoms with Crippen molar-refractivity contribution in [2.24, 2.45) is 0 Å². The number of amides is 1. The summed E-state index contributed by atoms with van der Waals surface area (Å²) >= 11 is 0. The van der Waals surface area contributed by atoms with Crippen molar-refractivity contribution in [3.8, 4) is 0 Å². The molecule has 2 atom stereocenters. The van der Waals surface area contributed by atoms with Crippen molar-refractivity contribution in [1.29, 1.82) is 0 Å². The van der Waals surface area contributed by atoms with Crippen LogP contribution in [0.4, 0.5) is 13.2 Å². The molecule has 1 aromatic rings. The number of esters is 1. The van der Waals surface area contributed by atoms with Crippen molar-refractivity contribution in [2.75, 3.05) is 0 Å². The summed E-state index contributed by atoms with van der Waals surface area (Å²) < 4.78 is 45.4.